The van der Waals surface area contributed by atoms with E-state index >= 15 is 0 Å². The van der Waals surface area contributed by atoms with E-state index in [0.29, 0.717) is 11.6 Å². The van der Waals surface area contributed by atoms with Crippen LogP contribution in [-0.2, 0) is 0 Å². The summed E-state index contributed by atoms with van der Waals surface area (Å²) in [7, 11) is 0. The van der Waals surface area contributed by atoms with E-state index in [1.165, 1.54) is 38.2 Å². The average Bonchev–Trinajstić information content (AvgIpc) is 3.92. The topological polar surface area (TPSA) is 61.4 Å². The van der Waals surface area contributed by atoms with E-state index in [-0.39, 0.29) is 0 Å². The molecule has 4 aromatic heterocycles. The summed E-state index contributed by atoms with van der Waals surface area (Å²) in [6.07, 6.45) is 0. The normalized spacial score (nSPS) is 11.6. The molecule has 0 radical (unpaired) electrons. The number of para-hydroxylation sites is 1. The second-order valence-electron chi connectivity index (χ2n) is 18.5. The van der Waals surface area contributed by atoms with Crippen molar-refractivity contribution in [2.75, 3.05) is 0 Å². The SMILES string of the molecule is Cc1ccc2c(c1)c1ccccc1n2-c1cc(-c2cc(-c3ccccc3)nc(-c3ccccc3)n2)cc(-c2cc(-c3ccccc3)nc(-c3ccccc3)n2)c1-n1c2ccc(C)cc2c2cc(C)ccc21. The molecule has 0 amide bonds. The maximum atomic E-state index is 5.62. The van der Waals surface area contributed by atoms with Crippen LogP contribution in [0.5, 0.6) is 0 Å². The molecule has 9 aromatic carbocycles. The second kappa shape index (κ2) is 17.1. The van der Waals surface area contributed by atoms with Gasteiger partial charge in [-0.2, -0.15) is 0 Å². The Morgan fingerprint density at radius 3 is 1.17 bits per heavy atom. The highest BCUT2D eigenvalue weighted by molar-refractivity contribution is 6.13. The predicted molar refractivity (Wildman–Crippen MR) is 293 cm³/mol. The molecule has 6 nitrogen and oxygen atoms in total. The van der Waals surface area contributed by atoms with Crippen LogP contribution in [-0.4, -0.2) is 29.1 Å². The first-order chi connectivity index (χ1) is 34.9. The number of nitrogens with zero attached hydrogens (tertiary/aromatic N) is 6. The summed E-state index contributed by atoms with van der Waals surface area (Å²) < 4.78 is 4.94. The molecular formula is C65H46N6. The first kappa shape index (κ1) is 41.9. The van der Waals surface area contributed by atoms with Crippen molar-refractivity contribution in [1.29, 1.82) is 0 Å². The van der Waals surface area contributed by atoms with Crippen LogP contribution >= 0.6 is 0 Å². The third kappa shape index (κ3) is 7.36. The number of fused-ring (bicyclic) bond motifs is 6. The Kier molecular flexibility index (Phi) is 10.1. The van der Waals surface area contributed by atoms with Crippen LogP contribution in [0.15, 0.2) is 224 Å². The monoisotopic (exact) mass is 910 g/mol. The predicted octanol–water partition coefficient (Wildman–Crippen LogP) is 16.4. The molecule has 0 atom stereocenters. The van der Waals surface area contributed by atoms with Gasteiger partial charge in [-0.3, -0.25) is 0 Å². The Morgan fingerprint density at radius 1 is 0.282 bits per heavy atom. The fourth-order valence-corrected chi connectivity index (χ4v) is 10.3. The fourth-order valence-electron chi connectivity index (χ4n) is 10.3. The molecule has 0 aliphatic heterocycles. The summed E-state index contributed by atoms with van der Waals surface area (Å²) in [5.74, 6) is 1.29. The Hall–Kier alpha value is -9.26. The van der Waals surface area contributed by atoms with Crippen LogP contribution in [0, 0.1) is 20.8 Å². The molecule has 0 unspecified atom stereocenters. The number of rotatable bonds is 8. The minimum absolute atomic E-state index is 0.639. The lowest BCUT2D eigenvalue weighted by Gasteiger charge is -2.23. The van der Waals surface area contributed by atoms with Crippen molar-refractivity contribution in [2.45, 2.75) is 20.8 Å². The Balaban J connectivity index is 1.24. The molecule has 0 aliphatic rings. The van der Waals surface area contributed by atoms with Gasteiger partial charge in [-0.25, -0.2) is 19.9 Å². The molecule has 336 valence electrons. The van der Waals surface area contributed by atoms with Crippen molar-refractivity contribution in [3.05, 3.63) is 241 Å². The van der Waals surface area contributed by atoms with Crippen LogP contribution in [0.25, 0.3) is 123 Å². The molecule has 0 bridgehead atoms. The maximum absolute atomic E-state index is 5.62. The fraction of sp³-hybridized carbons (Fsp3) is 0.0462. The van der Waals surface area contributed by atoms with Gasteiger partial charge in [-0.05, 0) is 87.5 Å². The van der Waals surface area contributed by atoms with Crippen molar-refractivity contribution in [3.63, 3.8) is 0 Å². The van der Waals surface area contributed by atoms with E-state index in [9.17, 15) is 0 Å². The number of hydrogen-bond acceptors (Lipinski definition) is 4. The van der Waals surface area contributed by atoms with Crippen molar-refractivity contribution >= 4 is 43.6 Å². The van der Waals surface area contributed by atoms with E-state index < -0.39 is 0 Å². The molecule has 0 N–H and O–H groups in total. The third-order valence-electron chi connectivity index (χ3n) is 13.7. The summed E-state index contributed by atoms with van der Waals surface area (Å²) in [4.78, 5) is 21.6. The standard InChI is InChI=1S/C65H46N6/c1-41-28-31-59-50(34-41)49-26-16-17-27-58(49)70(59)62-38-48(56-39-54(44-18-8-4-9-19-44)66-64(68-56)46-22-12-6-13-23-46)37-53(63(62)71-60-32-29-42(2)35-51(60)52-36-43(3)30-33-61(52)71)57-40-55(45-20-10-5-11-21-45)67-65(69-57)47-24-14-7-15-25-47/h4-40H,1-3H3. The Labute approximate surface area is 411 Å². The highest BCUT2D eigenvalue weighted by Crippen LogP contribution is 2.45. The molecule has 6 heteroatoms. The van der Waals surface area contributed by atoms with Crippen molar-refractivity contribution < 1.29 is 0 Å². The van der Waals surface area contributed by atoms with Gasteiger partial charge in [-0.1, -0.05) is 174 Å². The molecule has 0 spiro atoms. The van der Waals surface area contributed by atoms with Gasteiger partial charge in [0.2, 0.25) is 0 Å². The average molecular weight is 911 g/mol. The molecule has 0 fully saturated rings. The van der Waals surface area contributed by atoms with E-state index in [4.69, 9.17) is 19.9 Å². The molecule has 0 aliphatic carbocycles. The Morgan fingerprint density at radius 2 is 0.662 bits per heavy atom. The molecule has 0 saturated carbocycles. The first-order valence-electron chi connectivity index (χ1n) is 24.1. The van der Waals surface area contributed by atoms with Crippen LogP contribution in [0.2, 0.25) is 0 Å². The zero-order valence-corrected chi connectivity index (χ0v) is 39.5. The highest BCUT2D eigenvalue weighted by atomic mass is 15.1. The minimum atomic E-state index is 0.639. The van der Waals surface area contributed by atoms with Gasteiger partial charge in [0.15, 0.2) is 11.6 Å². The van der Waals surface area contributed by atoms with Gasteiger partial charge >= 0.3 is 0 Å². The van der Waals surface area contributed by atoms with E-state index in [1.54, 1.807) is 0 Å². The van der Waals surface area contributed by atoms with Gasteiger partial charge in [-0.15, -0.1) is 0 Å². The summed E-state index contributed by atoms with van der Waals surface area (Å²) >= 11 is 0. The molecule has 13 aromatic rings. The molecule has 4 heterocycles. The minimum Gasteiger partial charge on any atom is -0.307 e. The van der Waals surface area contributed by atoms with Crippen molar-refractivity contribution in [3.8, 4) is 79.2 Å². The van der Waals surface area contributed by atoms with Gasteiger partial charge in [0.25, 0.3) is 0 Å². The molecule has 71 heavy (non-hydrogen) atoms. The van der Waals surface area contributed by atoms with Crippen molar-refractivity contribution in [1.82, 2.24) is 29.1 Å². The smallest absolute Gasteiger partial charge is 0.160 e. The number of hydrogen-bond donors (Lipinski definition) is 0. The lowest BCUT2D eigenvalue weighted by atomic mass is 9.98. The number of aromatic nitrogens is 6. The van der Waals surface area contributed by atoms with Gasteiger partial charge < -0.3 is 9.13 Å². The van der Waals surface area contributed by atoms with Crippen LogP contribution in [0.4, 0.5) is 0 Å². The number of benzene rings is 9. The highest BCUT2D eigenvalue weighted by Gasteiger charge is 2.27. The quantitative estimate of drug-likeness (QED) is 0.152. The van der Waals surface area contributed by atoms with Crippen LogP contribution < -0.4 is 0 Å². The summed E-state index contributed by atoms with van der Waals surface area (Å²) in [6.45, 7) is 6.53. The largest absolute Gasteiger partial charge is 0.307 e. The Bertz CT molecular complexity index is 4000. The van der Waals surface area contributed by atoms with Gasteiger partial charge in [0, 0.05) is 54.9 Å². The van der Waals surface area contributed by atoms with Crippen molar-refractivity contribution in [2.24, 2.45) is 0 Å². The van der Waals surface area contributed by atoms with Crippen LogP contribution in [0.1, 0.15) is 16.7 Å². The van der Waals surface area contributed by atoms with E-state index in [0.717, 1.165) is 89.6 Å². The second-order valence-corrected chi connectivity index (χ2v) is 18.5. The zero-order chi connectivity index (χ0) is 47.6. The van der Waals surface area contributed by atoms with Gasteiger partial charge in [0.05, 0.1) is 56.2 Å². The first-order valence-corrected chi connectivity index (χ1v) is 24.1. The maximum Gasteiger partial charge on any atom is 0.160 e. The van der Waals surface area contributed by atoms with E-state index in [2.05, 4.69) is 206 Å². The summed E-state index contributed by atoms with van der Waals surface area (Å²) in [5, 5.41) is 4.75. The summed E-state index contributed by atoms with van der Waals surface area (Å²) in [5.41, 5.74) is 18.9. The van der Waals surface area contributed by atoms with E-state index in [1.807, 2.05) is 48.5 Å². The van der Waals surface area contributed by atoms with Gasteiger partial charge in [0.1, 0.15) is 0 Å². The molecule has 0 saturated heterocycles. The van der Waals surface area contributed by atoms with Crippen LogP contribution in [0.3, 0.4) is 0 Å². The molecule has 13 rings (SSSR count). The zero-order valence-electron chi connectivity index (χ0n) is 39.5. The molecular weight excluding hydrogens is 865 g/mol. The lowest BCUT2D eigenvalue weighted by Crippen LogP contribution is -2.08. The number of aryl methyl sites for hydroxylation is 3. The third-order valence-corrected chi connectivity index (χ3v) is 13.7. The summed E-state index contributed by atoms with van der Waals surface area (Å²) in [6, 6.07) is 79.6. The lowest BCUT2D eigenvalue weighted by molar-refractivity contribution is 1.09.